The van der Waals surface area contributed by atoms with E-state index in [9.17, 15) is 0 Å². The summed E-state index contributed by atoms with van der Waals surface area (Å²) in [6.07, 6.45) is 4.17. The Morgan fingerprint density at radius 2 is 2.00 bits per heavy atom. The molecule has 1 aromatic heterocycles. The minimum atomic E-state index is 0.245. The number of nitrogen functional groups attached to an aromatic ring is 1. The Morgan fingerprint density at radius 3 is 2.67 bits per heavy atom. The van der Waals surface area contributed by atoms with Crippen LogP contribution >= 0.6 is 0 Å². The van der Waals surface area contributed by atoms with Gasteiger partial charge in [0.15, 0.2) is 0 Å². The number of hydrogen-bond donors (Lipinski definition) is 1. The quantitative estimate of drug-likeness (QED) is 0.874. The molecule has 2 rings (SSSR count). The van der Waals surface area contributed by atoms with Crippen molar-refractivity contribution in [1.82, 2.24) is 9.55 Å². The van der Waals surface area contributed by atoms with Crippen LogP contribution in [0.15, 0.2) is 36.7 Å². The zero-order valence-electron chi connectivity index (χ0n) is 11.1. The van der Waals surface area contributed by atoms with Crippen LogP contribution in [0.2, 0.25) is 0 Å². The third kappa shape index (κ3) is 2.55. The number of aryl methyl sites for hydroxylation is 1. The zero-order chi connectivity index (χ0) is 13.0. The van der Waals surface area contributed by atoms with E-state index in [4.69, 9.17) is 5.73 Å². The summed E-state index contributed by atoms with van der Waals surface area (Å²) >= 11 is 0. The largest absolute Gasteiger partial charge is 0.384 e. The average molecular weight is 243 g/mol. The maximum atomic E-state index is 6.18. The molecule has 0 radical (unpaired) electrons. The van der Waals surface area contributed by atoms with Crippen LogP contribution in [0.1, 0.15) is 43.9 Å². The number of nitrogens with two attached hydrogens (primary N) is 1. The lowest BCUT2D eigenvalue weighted by Gasteiger charge is -2.11. The molecular weight excluding hydrogens is 222 g/mol. The Morgan fingerprint density at radius 1 is 1.28 bits per heavy atom. The summed E-state index contributed by atoms with van der Waals surface area (Å²) in [4.78, 5) is 4.48. The minimum absolute atomic E-state index is 0.245. The molecule has 0 saturated heterocycles. The average Bonchev–Trinajstić information content (AvgIpc) is 2.78. The Balaban J connectivity index is 2.21. The van der Waals surface area contributed by atoms with E-state index < -0.39 is 0 Å². The van der Waals surface area contributed by atoms with E-state index in [1.165, 1.54) is 12.0 Å². The monoisotopic (exact) mass is 243 g/mol. The van der Waals surface area contributed by atoms with Crippen molar-refractivity contribution < 1.29 is 0 Å². The summed E-state index contributed by atoms with van der Waals surface area (Å²) in [6, 6.07) is 10.4. The van der Waals surface area contributed by atoms with E-state index in [2.05, 4.69) is 47.7 Å². The fraction of sp³-hybridized carbons (Fsp3) is 0.400. The second-order valence-corrected chi connectivity index (χ2v) is 4.69. The molecule has 1 atom stereocenters. The second-order valence-electron chi connectivity index (χ2n) is 4.69. The van der Waals surface area contributed by atoms with Crippen molar-refractivity contribution in [3.05, 3.63) is 47.9 Å². The molecule has 18 heavy (non-hydrogen) atoms. The van der Waals surface area contributed by atoms with E-state index in [0.29, 0.717) is 0 Å². The highest BCUT2D eigenvalue weighted by atomic mass is 15.1. The number of aromatic nitrogens is 2. The van der Waals surface area contributed by atoms with Gasteiger partial charge in [-0.1, -0.05) is 50.6 Å². The first-order valence-electron chi connectivity index (χ1n) is 6.59. The predicted octanol–water partition coefficient (Wildman–Crippen LogP) is 3.42. The number of hydrogen-bond acceptors (Lipinski definition) is 2. The van der Waals surface area contributed by atoms with E-state index >= 15 is 0 Å². The van der Waals surface area contributed by atoms with Gasteiger partial charge in [-0.25, -0.2) is 4.98 Å². The van der Waals surface area contributed by atoms with E-state index in [0.717, 1.165) is 24.5 Å². The Bertz CT molecular complexity index is 488. The molecule has 0 aliphatic heterocycles. The molecule has 0 spiro atoms. The van der Waals surface area contributed by atoms with Crippen LogP contribution in [-0.4, -0.2) is 9.55 Å². The molecule has 1 unspecified atom stereocenters. The van der Waals surface area contributed by atoms with Crippen LogP contribution in [0.3, 0.4) is 0 Å². The van der Waals surface area contributed by atoms with Crippen molar-refractivity contribution in [2.45, 2.75) is 39.2 Å². The van der Waals surface area contributed by atoms with Gasteiger partial charge in [0, 0.05) is 12.5 Å². The predicted molar refractivity (Wildman–Crippen MR) is 75.5 cm³/mol. The van der Waals surface area contributed by atoms with Crippen LogP contribution in [0, 0.1) is 0 Å². The number of unbranched alkanes of at least 4 members (excludes halogenated alkanes) is 1. The molecule has 0 aliphatic rings. The van der Waals surface area contributed by atoms with Crippen molar-refractivity contribution in [3.63, 3.8) is 0 Å². The smallest absolute Gasteiger partial charge is 0.127 e. The van der Waals surface area contributed by atoms with Gasteiger partial charge in [0.25, 0.3) is 0 Å². The summed E-state index contributed by atoms with van der Waals surface area (Å²) in [5.74, 6) is 1.05. The lowest BCUT2D eigenvalue weighted by molar-refractivity contribution is 0.637. The number of anilines is 1. The zero-order valence-corrected chi connectivity index (χ0v) is 11.1. The van der Waals surface area contributed by atoms with E-state index in [1.807, 2.05) is 12.4 Å². The maximum absolute atomic E-state index is 6.18. The molecule has 0 amide bonds. The molecule has 1 heterocycles. The van der Waals surface area contributed by atoms with Crippen molar-refractivity contribution in [1.29, 1.82) is 0 Å². The standard InChI is InChI=1S/C15H21N3/c1-3-4-10-18-11-17-14(15(18)16)12(2)13-8-6-5-7-9-13/h5-9,11-12H,3-4,10,16H2,1-2H3. The third-order valence-corrected chi connectivity index (χ3v) is 3.37. The van der Waals surface area contributed by atoms with E-state index in [1.54, 1.807) is 0 Å². The van der Waals surface area contributed by atoms with Crippen molar-refractivity contribution in [3.8, 4) is 0 Å². The molecule has 2 aromatic rings. The number of benzene rings is 1. The highest BCUT2D eigenvalue weighted by Gasteiger charge is 2.15. The van der Waals surface area contributed by atoms with Gasteiger partial charge in [-0.05, 0) is 12.0 Å². The van der Waals surface area contributed by atoms with Crippen LogP contribution in [-0.2, 0) is 6.54 Å². The summed E-state index contributed by atoms with van der Waals surface area (Å²) < 4.78 is 2.05. The SMILES string of the molecule is CCCCn1cnc(C(C)c2ccccc2)c1N. The molecule has 0 saturated carbocycles. The van der Waals surface area contributed by atoms with Gasteiger partial charge in [-0.15, -0.1) is 0 Å². The first kappa shape index (κ1) is 12.7. The van der Waals surface area contributed by atoms with Crippen LogP contribution in [0.4, 0.5) is 5.82 Å². The van der Waals surface area contributed by atoms with Crippen LogP contribution in [0.25, 0.3) is 0 Å². The lowest BCUT2D eigenvalue weighted by Crippen LogP contribution is -2.05. The lowest BCUT2D eigenvalue weighted by atomic mass is 9.98. The topological polar surface area (TPSA) is 43.8 Å². The Hall–Kier alpha value is -1.77. The van der Waals surface area contributed by atoms with Crippen molar-refractivity contribution in [2.24, 2.45) is 0 Å². The third-order valence-electron chi connectivity index (χ3n) is 3.37. The van der Waals surface area contributed by atoms with Gasteiger partial charge in [0.2, 0.25) is 0 Å². The summed E-state index contributed by atoms with van der Waals surface area (Å²) in [5, 5.41) is 0. The normalized spacial score (nSPS) is 12.6. The molecule has 0 fully saturated rings. The molecule has 0 aliphatic carbocycles. The van der Waals surface area contributed by atoms with Gasteiger partial charge >= 0.3 is 0 Å². The number of nitrogens with zero attached hydrogens (tertiary/aromatic N) is 2. The molecule has 3 heteroatoms. The summed E-state index contributed by atoms with van der Waals surface area (Å²) in [6.45, 7) is 5.29. The van der Waals surface area contributed by atoms with Crippen LogP contribution < -0.4 is 5.73 Å². The minimum Gasteiger partial charge on any atom is -0.384 e. The van der Waals surface area contributed by atoms with Crippen molar-refractivity contribution >= 4 is 5.82 Å². The van der Waals surface area contributed by atoms with E-state index in [-0.39, 0.29) is 5.92 Å². The number of rotatable bonds is 5. The second kappa shape index (κ2) is 5.71. The number of imidazole rings is 1. The maximum Gasteiger partial charge on any atom is 0.127 e. The molecule has 96 valence electrons. The Labute approximate surface area is 109 Å². The van der Waals surface area contributed by atoms with Gasteiger partial charge in [0.1, 0.15) is 5.82 Å². The summed E-state index contributed by atoms with van der Waals surface area (Å²) in [5.41, 5.74) is 8.42. The highest BCUT2D eigenvalue weighted by molar-refractivity contribution is 5.42. The first-order chi connectivity index (χ1) is 8.74. The fourth-order valence-electron chi connectivity index (χ4n) is 2.15. The van der Waals surface area contributed by atoms with Gasteiger partial charge in [-0.3, -0.25) is 0 Å². The van der Waals surface area contributed by atoms with Gasteiger partial charge in [-0.2, -0.15) is 0 Å². The Kier molecular flexibility index (Phi) is 4.03. The highest BCUT2D eigenvalue weighted by Crippen LogP contribution is 2.27. The molecule has 2 N–H and O–H groups in total. The fourth-order valence-corrected chi connectivity index (χ4v) is 2.15. The molecular formula is C15H21N3. The molecule has 1 aromatic carbocycles. The van der Waals surface area contributed by atoms with Crippen LogP contribution in [0.5, 0.6) is 0 Å². The van der Waals surface area contributed by atoms with Gasteiger partial charge < -0.3 is 10.3 Å². The summed E-state index contributed by atoms with van der Waals surface area (Å²) in [7, 11) is 0. The molecule has 0 bridgehead atoms. The van der Waals surface area contributed by atoms with Crippen molar-refractivity contribution in [2.75, 3.05) is 5.73 Å². The van der Waals surface area contributed by atoms with Gasteiger partial charge in [0.05, 0.1) is 12.0 Å². The first-order valence-corrected chi connectivity index (χ1v) is 6.59. The molecule has 3 nitrogen and oxygen atoms in total.